The van der Waals surface area contributed by atoms with Crippen LogP contribution in [-0.2, 0) is 0 Å². The highest BCUT2D eigenvalue weighted by molar-refractivity contribution is 6.31. The van der Waals surface area contributed by atoms with E-state index in [0.29, 0.717) is 28.5 Å². The van der Waals surface area contributed by atoms with Crippen LogP contribution in [0.5, 0.6) is 23.0 Å². The molecule has 31 heavy (non-hydrogen) atoms. The first-order valence-corrected chi connectivity index (χ1v) is 10.3. The van der Waals surface area contributed by atoms with Gasteiger partial charge in [-0.2, -0.15) is 5.10 Å². The molecule has 2 aliphatic rings. The maximum absolute atomic E-state index is 10.4. The standard InChI is InChI=1S/C24H21ClN2O4/c1-29-22-10-7-14(11-23(22)30-2)24-27-19(16-5-3-4-6-21(16)31-24)13-18(26-27)17-12-15(25)8-9-20(17)28/h3-12,19,24,28H,13H2,1-2H3/t19-,24+/m1/s1. The molecule has 0 bridgehead atoms. The van der Waals surface area contributed by atoms with E-state index in [1.165, 1.54) is 0 Å². The molecule has 0 aromatic heterocycles. The molecule has 2 heterocycles. The van der Waals surface area contributed by atoms with Gasteiger partial charge in [0, 0.05) is 28.1 Å². The SMILES string of the molecule is COc1ccc([C@@H]2Oc3ccccc3[C@H]3CC(c4cc(Cl)ccc4O)=NN32)cc1OC. The van der Waals surface area contributed by atoms with Crippen molar-refractivity contribution in [2.45, 2.75) is 18.7 Å². The molecule has 0 saturated heterocycles. The summed E-state index contributed by atoms with van der Waals surface area (Å²) in [5, 5.41) is 17.8. The number of aromatic hydroxyl groups is 1. The van der Waals surface area contributed by atoms with Crippen LogP contribution in [0, 0.1) is 0 Å². The lowest BCUT2D eigenvalue weighted by atomic mass is 9.95. The Morgan fingerprint density at radius 3 is 2.65 bits per heavy atom. The largest absolute Gasteiger partial charge is 0.507 e. The van der Waals surface area contributed by atoms with Gasteiger partial charge in [0.15, 0.2) is 11.5 Å². The summed E-state index contributed by atoms with van der Waals surface area (Å²) < 4.78 is 17.2. The molecule has 158 valence electrons. The van der Waals surface area contributed by atoms with Gasteiger partial charge in [0.2, 0.25) is 6.23 Å². The van der Waals surface area contributed by atoms with Crippen molar-refractivity contribution < 1.29 is 19.3 Å². The van der Waals surface area contributed by atoms with Gasteiger partial charge in [0.25, 0.3) is 0 Å². The van der Waals surface area contributed by atoms with Crippen molar-refractivity contribution in [1.82, 2.24) is 5.01 Å². The van der Waals surface area contributed by atoms with Gasteiger partial charge in [-0.3, -0.25) is 0 Å². The lowest BCUT2D eigenvalue weighted by Gasteiger charge is -2.38. The van der Waals surface area contributed by atoms with Gasteiger partial charge >= 0.3 is 0 Å². The maximum Gasteiger partial charge on any atom is 0.214 e. The lowest BCUT2D eigenvalue weighted by Crippen LogP contribution is -2.33. The molecule has 0 saturated carbocycles. The van der Waals surface area contributed by atoms with E-state index in [4.69, 9.17) is 30.9 Å². The highest BCUT2D eigenvalue weighted by atomic mass is 35.5. The number of para-hydroxylation sites is 1. The topological polar surface area (TPSA) is 63.5 Å². The van der Waals surface area contributed by atoms with Crippen molar-refractivity contribution >= 4 is 17.3 Å². The number of hydrogen-bond acceptors (Lipinski definition) is 6. The van der Waals surface area contributed by atoms with Gasteiger partial charge in [-0.1, -0.05) is 29.8 Å². The first kappa shape index (κ1) is 19.6. The quantitative estimate of drug-likeness (QED) is 0.600. The van der Waals surface area contributed by atoms with Gasteiger partial charge in [-0.25, -0.2) is 5.01 Å². The van der Waals surface area contributed by atoms with E-state index < -0.39 is 6.23 Å². The molecule has 6 nitrogen and oxygen atoms in total. The van der Waals surface area contributed by atoms with E-state index in [0.717, 1.165) is 22.6 Å². The zero-order chi connectivity index (χ0) is 21.5. The van der Waals surface area contributed by atoms with Crippen LogP contribution in [0.1, 0.15) is 35.4 Å². The summed E-state index contributed by atoms with van der Waals surface area (Å²) in [5.74, 6) is 2.23. The maximum atomic E-state index is 10.4. The van der Waals surface area contributed by atoms with Gasteiger partial charge in [-0.05, 0) is 42.5 Å². The monoisotopic (exact) mass is 436 g/mol. The highest BCUT2D eigenvalue weighted by Crippen LogP contribution is 2.48. The number of nitrogens with zero attached hydrogens (tertiary/aromatic N) is 2. The van der Waals surface area contributed by atoms with Crippen LogP contribution >= 0.6 is 11.6 Å². The Kier molecular flexibility index (Phi) is 4.87. The summed E-state index contributed by atoms with van der Waals surface area (Å²) in [5.41, 5.74) is 3.33. The van der Waals surface area contributed by atoms with E-state index in [2.05, 4.69) is 0 Å². The lowest BCUT2D eigenvalue weighted by molar-refractivity contribution is -0.0191. The second kappa shape index (κ2) is 7.71. The first-order chi connectivity index (χ1) is 15.1. The molecular formula is C24H21ClN2O4. The van der Waals surface area contributed by atoms with Crippen LogP contribution in [0.2, 0.25) is 5.02 Å². The predicted octanol–water partition coefficient (Wildman–Crippen LogP) is 5.31. The van der Waals surface area contributed by atoms with Crippen molar-refractivity contribution in [2.75, 3.05) is 14.2 Å². The van der Waals surface area contributed by atoms with Crippen LogP contribution in [0.4, 0.5) is 0 Å². The third kappa shape index (κ3) is 3.33. The Balaban J connectivity index is 1.61. The minimum absolute atomic E-state index is 0.0311. The second-order valence-electron chi connectivity index (χ2n) is 7.43. The minimum atomic E-state index is -0.460. The molecule has 0 aliphatic carbocycles. The predicted molar refractivity (Wildman–Crippen MR) is 118 cm³/mol. The van der Waals surface area contributed by atoms with E-state index in [-0.39, 0.29) is 11.8 Å². The molecule has 0 unspecified atom stereocenters. The molecule has 0 spiro atoms. The Bertz CT molecular complexity index is 1180. The second-order valence-corrected chi connectivity index (χ2v) is 7.87. The van der Waals surface area contributed by atoms with Gasteiger partial charge < -0.3 is 19.3 Å². The van der Waals surface area contributed by atoms with Crippen molar-refractivity contribution in [3.63, 3.8) is 0 Å². The van der Waals surface area contributed by atoms with Gasteiger partial charge in [0.1, 0.15) is 11.5 Å². The molecule has 2 aliphatic heterocycles. The summed E-state index contributed by atoms with van der Waals surface area (Å²) in [7, 11) is 3.21. The average molecular weight is 437 g/mol. The molecular weight excluding hydrogens is 416 g/mol. The number of methoxy groups -OCH3 is 2. The summed E-state index contributed by atoms with van der Waals surface area (Å²) in [6.45, 7) is 0. The van der Waals surface area contributed by atoms with Crippen molar-refractivity contribution in [1.29, 1.82) is 0 Å². The highest BCUT2D eigenvalue weighted by Gasteiger charge is 2.41. The van der Waals surface area contributed by atoms with Crippen LogP contribution in [0.3, 0.4) is 0 Å². The zero-order valence-corrected chi connectivity index (χ0v) is 17.8. The summed E-state index contributed by atoms with van der Waals surface area (Å²) in [6.07, 6.45) is 0.163. The molecule has 2 atom stereocenters. The molecule has 3 aromatic carbocycles. The molecule has 7 heteroatoms. The number of phenolic OH excluding ortho intramolecular Hbond substituents is 1. The molecule has 5 rings (SSSR count). The number of ether oxygens (including phenoxy) is 3. The third-order valence-corrected chi connectivity index (χ3v) is 5.90. The Morgan fingerprint density at radius 1 is 1.03 bits per heavy atom. The van der Waals surface area contributed by atoms with Crippen LogP contribution < -0.4 is 14.2 Å². The number of rotatable bonds is 4. The smallest absolute Gasteiger partial charge is 0.214 e. The van der Waals surface area contributed by atoms with Crippen LogP contribution in [-0.4, -0.2) is 30.0 Å². The fourth-order valence-corrected chi connectivity index (χ4v) is 4.33. The molecule has 0 fully saturated rings. The number of phenols is 1. The zero-order valence-electron chi connectivity index (χ0n) is 17.1. The minimum Gasteiger partial charge on any atom is -0.507 e. The fourth-order valence-electron chi connectivity index (χ4n) is 4.16. The first-order valence-electron chi connectivity index (χ1n) is 9.91. The number of benzene rings is 3. The fraction of sp³-hybridized carbons (Fsp3) is 0.208. The molecule has 3 aromatic rings. The van der Waals surface area contributed by atoms with Crippen molar-refractivity contribution in [2.24, 2.45) is 5.10 Å². The molecule has 0 radical (unpaired) electrons. The molecule has 1 N–H and O–H groups in total. The third-order valence-electron chi connectivity index (χ3n) is 5.66. The Morgan fingerprint density at radius 2 is 1.84 bits per heavy atom. The van der Waals surface area contributed by atoms with E-state index in [1.807, 2.05) is 47.5 Å². The Hall–Kier alpha value is -3.38. The number of hydrazone groups is 1. The average Bonchev–Trinajstić information content (AvgIpc) is 3.25. The van der Waals surface area contributed by atoms with Crippen molar-refractivity contribution in [3.05, 3.63) is 82.4 Å². The van der Waals surface area contributed by atoms with E-state index in [9.17, 15) is 5.11 Å². The van der Waals surface area contributed by atoms with Crippen LogP contribution in [0.15, 0.2) is 65.8 Å². The van der Waals surface area contributed by atoms with Crippen molar-refractivity contribution in [3.8, 4) is 23.0 Å². The van der Waals surface area contributed by atoms with E-state index in [1.54, 1.807) is 32.4 Å². The van der Waals surface area contributed by atoms with E-state index >= 15 is 0 Å². The summed E-state index contributed by atoms with van der Waals surface area (Å²) in [6, 6.07) is 18.6. The Labute approximate surface area is 185 Å². The van der Waals surface area contributed by atoms with Gasteiger partial charge in [0.05, 0.1) is 26.0 Å². The van der Waals surface area contributed by atoms with Crippen LogP contribution in [0.25, 0.3) is 0 Å². The van der Waals surface area contributed by atoms with Gasteiger partial charge in [-0.15, -0.1) is 0 Å². The molecule has 0 amide bonds. The number of hydrogen-bond donors (Lipinski definition) is 1. The number of halogens is 1. The number of fused-ring (bicyclic) bond motifs is 3. The normalized spacial score (nSPS) is 19.2. The summed E-state index contributed by atoms with van der Waals surface area (Å²) >= 11 is 6.19. The summed E-state index contributed by atoms with van der Waals surface area (Å²) in [4.78, 5) is 0.